The van der Waals surface area contributed by atoms with E-state index in [1.54, 1.807) is 0 Å². The van der Waals surface area contributed by atoms with E-state index in [9.17, 15) is 9.59 Å². The highest BCUT2D eigenvalue weighted by Gasteiger charge is 2.18. The minimum atomic E-state index is -0.194. The van der Waals surface area contributed by atoms with Crippen LogP contribution in [-0.2, 0) is 9.59 Å². The molecule has 1 atom stereocenters. The molecule has 1 aliphatic rings. The minimum absolute atomic E-state index is 0.0132. The Balaban J connectivity index is 1.78. The molecule has 2 amide bonds. The average Bonchev–Trinajstić information content (AvgIpc) is 2.94. The predicted molar refractivity (Wildman–Crippen MR) is 83.2 cm³/mol. The molecular weight excluding hydrogens is 266 g/mol. The van der Waals surface area contributed by atoms with Crippen LogP contribution in [0.25, 0.3) is 0 Å². The summed E-state index contributed by atoms with van der Waals surface area (Å²) < 4.78 is 0. The van der Waals surface area contributed by atoms with Crippen LogP contribution < -0.4 is 16.0 Å². The molecule has 1 fully saturated rings. The predicted octanol–water partition coefficient (Wildman–Crippen LogP) is 1.50. The lowest BCUT2D eigenvalue weighted by molar-refractivity contribution is -0.124. The van der Waals surface area contributed by atoms with E-state index in [1.165, 1.54) is 0 Å². The van der Waals surface area contributed by atoms with Crippen molar-refractivity contribution >= 4 is 17.5 Å². The molecule has 0 spiro atoms. The first kappa shape index (κ1) is 15.5. The molecule has 1 unspecified atom stereocenters. The SMILES string of the molecule is Cc1cccc(C)c1NC(=O)CNC(=O)CC1CCCN1. The summed E-state index contributed by atoms with van der Waals surface area (Å²) in [5.74, 6) is -0.272. The van der Waals surface area contributed by atoms with Gasteiger partial charge in [0, 0.05) is 18.2 Å². The van der Waals surface area contributed by atoms with E-state index >= 15 is 0 Å². The van der Waals surface area contributed by atoms with Crippen molar-refractivity contribution in [3.63, 3.8) is 0 Å². The number of anilines is 1. The number of hydrogen-bond acceptors (Lipinski definition) is 3. The molecule has 1 aromatic rings. The van der Waals surface area contributed by atoms with E-state index in [0.29, 0.717) is 6.42 Å². The van der Waals surface area contributed by atoms with E-state index in [0.717, 1.165) is 36.2 Å². The second kappa shape index (κ2) is 7.22. The van der Waals surface area contributed by atoms with E-state index in [4.69, 9.17) is 0 Å². The Bertz CT molecular complexity index is 502. The molecule has 1 saturated heterocycles. The molecule has 2 rings (SSSR count). The number of aryl methyl sites for hydroxylation is 2. The molecule has 1 aliphatic heterocycles. The van der Waals surface area contributed by atoms with Gasteiger partial charge in [0.1, 0.15) is 0 Å². The Morgan fingerprint density at radius 1 is 1.24 bits per heavy atom. The fraction of sp³-hybridized carbons (Fsp3) is 0.500. The third-order valence-electron chi connectivity index (χ3n) is 3.79. The lowest BCUT2D eigenvalue weighted by Crippen LogP contribution is -2.36. The summed E-state index contributed by atoms with van der Waals surface area (Å²) >= 11 is 0. The molecule has 0 saturated carbocycles. The summed E-state index contributed by atoms with van der Waals surface area (Å²) in [5, 5.41) is 8.80. The van der Waals surface area contributed by atoms with Crippen molar-refractivity contribution < 1.29 is 9.59 Å². The Hall–Kier alpha value is -1.88. The van der Waals surface area contributed by atoms with Crippen LogP contribution in [0, 0.1) is 13.8 Å². The standard InChI is InChI=1S/C16H23N3O2/c1-11-5-3-6-12(2)16(11)19-15(21)10-18-14(20)9-13-7-4-8-17-13/h3,5-6,13,17H,4,7-10H2,1-2H3,(H,18,20)(H,19,21). The molecule has 5 heteroatoms. The van der Waals surface area contributed by atoms with E-state index in [2.05, 4.69) is 16.0 Å². The molecule has 21 heavy (non-hydrogen) atoms. The van der Waals surface area contributed by atoms with Gasteiger partial charge in [-0.15, -0.1) is 0 Å². The van der Waals surface area contributed by atoms with E-state index in [-0.39, 0.29) is 24.4 Å². The molecule has 0 bridgehead atoms. The highest BCUT2D eigenvalue weighted by Crippen LogP contribution is 2.19. The maximum atomic E-state index is 11.9. The van der Waals surface area contributed by atoms with Crippen molar-refractivity contribution in [2.45, 2.75) is 39.2 Å². The van der Waals surface area contributed by atoms with Crippen LogP contribution in [0.5, 0.6) is 0 Å². The molecule has 1 aromatic carbocycles. The van der Waals surface area contributed by atoms with Crippen LogP contribution in [0.2, 0.25) is 0 Å². The van der Waals surface area contributed by atoms with Gasteiger partial charge in [0.05, 0.1) is 6.54 Å². The van der Waals surface area contributed by atoms with Crippen LogP contribution in [0.1, 0.15) is 30.4 Å². The van der Waals surface area contributed by atoms with Gasteiger partial charge in [0.15, 0.2) is 0 Å². The lowest BCUT2D eigenvalue weighted by atomic mass is 10.1. The van der Waals surface area contributed by atoms with Crippen molar-refractivity contribution in [1.82, 2.24) is 10.6 Å². The summed E-state index contributed by atoms with van der Waals surface area (Å²) in [6.45, 7) is 4.89. The summed E-state index contributed by atoms with van der Waals surface area (Å²) in [4.78, 5) is 23.7. The number of carbonyl (C=O) groups is 2. The average molecular weight is 289 g/mol. The number of para-hydroxylation sites is 1. The molecule has 0 aliphatic carbocycles. The van der Waals surface area contributed by atoms with Crippen molar-refractivity contribution in [3.05, 3.63) is 29.3 Å². The summed E-state index contributed by atoms with van der Waals surface area (Å²) in [6, 6.07) is 6.11. The normalized spacial score (nSPS) is 17.5. The van der Waals surface area contributed by atoms with Crippen LogP contribution in [0.15, 0.2) is 18.2 Å². The lowest BCUT2D eigenvalue weighted by Gasteiger charge is -2.13. The highest BCUT2D eigenvalue weighted by atomic mass is 16.2. The van der Waals surface area contributed by atoms with Gasteiger partial charge in [-0.05, 0) is 44.4 Å². The van der Waals surface area contributed by atoms with Gasteiger partial charge < -0.3 is 16.0 Å². The molecule has 114 valence electrons. The molecular formula is C16H23N3O2. The number of carbonyl (C=O) groups excluding carboxylic acids is 2. The number of rotatable bonds is 5. The number of nitrogens with one attached hydrogen (secondary N) is 3. The van der Waals surface area contributed by atoms with Crippen LogP contribution >= 0.6 is 0 Å². The van der Waals surface area contributed by atoms with Gasteiger partial charge >= 0.3 is 0 Å². The van der Waals surface area contributed by atoms with E-state index < -0.39 is 0 Å². The monoisotopic (exact) mass is 289 g/mol. The van der Waals surface area contributed by atoms with Crippen LogP contribution in [0.4, 0.5) is 5.69 Å². The maximum Gasteiger partial charge on any atom is 0.243 e. The minimum Gasteiger partial charge on any atom is -0.347 e. The molecule has 0 radical (unpaired) electrons. The summed E-state index contributed by atoms with van der Waals surface area (Å²) in [7, 11) is 0. The molecule has 0 aromatic heterocycles. The van der Waals surface area contributed by atoms with Crippen molar-refractivity contribution in [2.24, 2.45) is 0 Å². The topological polar surface area (TPSA) is 70.2 Å². The first-order valence-corrected chi connectivity index (χ1v) is 7.42. The van der Waals surface area contributed by atoms with Crippen molar-refractivity contribution in [3.8, 4) is 0 Å². The fourth-order valence-corrected chi connectivity index (χ4v) is 2.60. The van der Waals surface area contributed by atoms with Gasteiger partial charge in [-0.2, -0.15) is 0 Å². The fourth-order valence-electron chi connectivity index (χ4n) is 2.60. The van der Waals surface area contributed by atoms with Gasteiger partial charge in [0.25, 0.3) is 0 Å². The Morgan fingerprint density at radius 3 is 2.57 bits per heavy atom. The van der Waals surface area contributed by atoms with Crippen molar-refractivity contribution in [1.29, 1.82) is 0 Å². The first-order valence-electron chi connectivity index (χ1n) is 7.42. The van der Waals surface area contributed by atoms with Crippen molar-refractivity contribution in [2.75, 3.05) is 18.4 Å². The van der Waals surface area contributed by atoms with Gasteiger partial charge in [0.2, 0.25) is 11.8 Å². The maximum absolute atomic E-state index is 11.9. The van der Waals surface area contributed by atoms with E-state index in [1.807, 2.05) is 32.0 Å². The smallest absolute Gasteiger partial charge is 0.243 e. The zero-order valence-corrected chi connectivity index (χ0v) is 12.7. The first-order chi connectivity index (χ1) is 10.1. The summed E-state index contributed by atoms with van der Waals surface area (Å²) in [5.41, 5.74) is 2.86. The van der Waals surface area contributed by atoms with Gasteiger partial charge in [-0.25, -0.2) is 0 Å². The van der Waals surface area contributed by atoms with Gasteiger partial charge in [-0.3, -0.25) is 9.59 Å². The quantitative estimate of drug-likeness (QED) is 0.769. The number of benzene rings is 1. The second-order valence-electron chi connectivity index (χ2n) is 5.59. The Morgan fingerprint density at radius 2 is 1.95 bits per heavy atom. The molecule has 3 N–H and O–H groups in total. The van der Waals surface area contributed by atoms with Crippen LogP contribution in [0.3, 0.4) is 0 Å². The summed E-state index contributed by atoms with van der Waals surface area (Å²) in [6.07, 6.45) is 2.59. The third-order valence-corrected chi connectivity index (χ3v) is 3.79. The third kappa shape index (κ3) is 4.56. The number of amides is 2. The van der Waals surface area contributed by atoms with Crippen LogP contribution in [-0.4, -0.2) is 30.9 Å². The second-order valence-corrected chi connectivity index (χ2v) is 5.59. The zero-order valence-electron chi connectivity index (χ0n) is 12.7. The zero-order chi connectivity index (χ0) is 15.2. The number of hydrogen-bond donors (Lipinski definition) is 3. The Labute approximate surface area is 125 Å². The molecule has 1 heterocycles. The highest BCUT2D eigenvalue weighted by molar-refractivity contribution is 5.95. The Kier molecular flexibility index (Phi) is 5.33. The largest absolute Gasteiger partial charge is 0.347 e. The van der Waals surface area contributed by atoms with Gasteiger partial charge in [-0.1, -0.05) is 18.2 Å². The molecule has 5 nitrogen and oxygen atoms in total.